The van der Waals surface area contributed by atoms with Crippen molar-refractivity contribution in [3.8, 4) is 22.5 Å². The van der Waals surface area contributed by atoms with E-state index in [1.807, 2.05) is 12.3 Å². The van der Waals surface area contributed by atoms with Crippen molar-refractivity contribution in [1.29, 1.82) is 0 Å². The average Bonchev–Trinajstić information content (AvgIpc) is 3.43. The molecule has 1 aliphatic heterocycles. The monoisotopic (exact) mass is 417 g/mol. The van der Waals surface area contributed by atoms with Gasteiger partial charge >= 0.3 is 0 Å². The summed E-state index contributed by atoms with van der Waals surface area (Å²) in [5.74, 6) is 0.579. The highest BCUT2D eigenvalue weighted by atomic mass is 15.5. The molecule has 162 valence electrons. The topological polar surface area (TPSA) is 73.8 Å². The van der Waals surface area contributed by atoms with Gasteiger partial charge in [-0.25, -0.2) is 0 Å². The van der Waals surface area contributed by atoms with Crippen LogP contribution in [0.4, 0.5) is 0 Å². The fraction of sp³-hybridized carbons (Fsp3) is 0.417. The minimum atomic E-state index is 0.579. The first kappa shape index (κ1) is 21.0. The summed E-state index contributed by atoms with van der Waals surface area (Å²) in [6.45, 7) is 9.84. The summed E-state index contributed by atoms with van der Waals surface area (Å²) in [6.07, 6.45) is 8.41. The normalized spacial score (nSPS) is 14.0. The Morgan fingerprint density at radius 2 is 1.84 bits per heavy atom. The Hall–Kier alpha value is -3.22. The molecular weight excluding hydrogens is 386 g/mol. The molecular formula is C24H31N7. The molecule has 2 aromatic heterocycles. The Kier molecular flexibility index (Phi) is 6.60. The van der Waals surface area contributed by atoms with Crippen molar-refractivity contribution < 1.29 is 0 Å². The molecule has 0 fully saturated rings. The van der Waals surface area contributed by atoms with Crippen LogP contribution < -0.4 is 0 Å². The van der Waals surface area contributed by atoms with Crippen LogP contribution in [0.1, 0.15) is 52.0 Å². The third-order valence-electron chi connectivity index (χ3n) is 5.92. The number of aromatic amines is 1. The van der Waals surface area contributed by atoms with Crippen LogP contribution in [0.25, 0.3) is 22.5 Å². The van der Waals surface area contributed by atoms with Crippen molar-refractivity contribution in [2.24, 2.45) is 0 Å². The fourth-order valence-corrected chi connectivity index (χ4v) is 4.25. The lowest BCUT2D eigenvalue weighted by atomic mass is 10.0. The number of tetrazole rings is 1. The van der Waals surface area contributed by atoms with Crippen molar-refractivity contribution in [1.82, 2.24) is 35.4 Å². The predicted octanol–water partition coefficient (Wildman–Crippen LogP) is 4.84. The molecule has 0 atom stereocenters. The van der Waals surface area contributed by atoms with Crippen molar-refractivity contribution >= 4 is 0 Å². The van der Waals surface area contributed by atoms with E-state index in [0.29, 0.717) is 5.82 Å². The van der Waals surface area contributed by atoms with E-state index < -0.39 is 0 Å². The summed E-state index contributed by atoms with van der Waals surface area (Å²) in [6, 6.07) is 10.7. The van der Waals surface area contributed by atoms with Gasteiger partial charge in [0, 0.05) is 48.0 Å². The Morgan fingerprint density at radius 1 is 1.00 bits per heavy atom. The zero-order valence-electron chi connectivity index (χ0n) is 18.7. The quantitative estimate of drug-likeness (QED) is 0.537. The van der Waals surface area contributed by atoms with Gasteiger partial charge in [0.15, 0.2) is 0 Å². The Balaban J connectivity index is 1.53. The first-order valence-electron chi connectivity index (χ1n) is 11.2. The minimum Gasteiger partial charge on any atom is -0.356 e. The Bertz CT molecular complexity index is 1010. The highest BCUT2D eigenvalue weighted by molar-refractivity contribution is 5.79. The lowest BCUT2D eigenvalue weighted by Crippen LogP contribution is -2.28. The number of pyridine rings is 1. The number of aromatic nitrogens is 5. The fourth-order valence-electron chi connectivity index (χ4n) is 4.25. The van der Waals surface area contributed by atoms with Crippen LogP contribution in [-0.4, -0.2) is 48.6 Å². The van der Waals surface area contributed by atoms with Crippen molar-refractivity contribution in [3.05, 3.63) is 59.7 Å². The first-order valence-corrected chi connectivity index (χ1v) is 11.2. The molecule has 0 radical (unpaired) electrons. The van der Waals surface area contributed by atoms with E-state index in [0.717, 1.165) is 42.9 Å². The lowest BCUT2D eigenvalue weighted by Gasteiger charge is -2.24. The second-order valence-electron chi connectivity index (χ2n) is 8.09. The summed E-state index contributed by atoms with van der Waals surface area (Å²) >= 11 is 0. The maximum Gasteiger partial charge on any atom is 0.205 e. The molecule has 0 spiro atoms. The van der Waals surface area contributed by atoms with E-state index in [4.69, 9.17) is 0 Å². The predicted molar refractivity (Wildman–Crippen MR) is 122 cm³/mol. The molecule has 31 heavy (non-hydrogen) atoms. The van der Waals surface area contributed by atoms with Crippen LogP contribution in [0.2, 0.25) is 0 Å². The van der Waals surface area contributed by atoms with E-state index in [9.17, 15) is 0 Å². The molecule has 1 aliphatic rings. The summed E-state index contributed by atoms with van der Waals surface area (Å²) in [4.78, 5) is 9.37. The van der Waals surface area contributed by atoms with Gasteiger partial charge in [0.25, 0.3) is 0 Å². The second-order valence-corrected chi connectivity index (χ2v) is 8.09. The number of hydrogen-bond donors (Lipinski definition) is 1. The number of nitrogens with zero attached hydrogens (tertiary/aromatic N) is 6. The molecule has 0 saturated heterocycles. The number of H-pyrrole nitrogens is 1. The molecule has 7 heteroatoms. The van der Waals surface area contributed by atoms with Crippen LogP contribution in [-0.2, 0) is 6.54 Å². The van der Waals surface area contributed by atoms with Crippen LogP contribution >= 0.6 is 0 Å². The molecule has 0 aliphatic carbocycles. The van der Waals surface area contributed by atoms with Crippen LogP contribution in [0, 0.1) is 0 Å². The lowest BCUT2D eigenvalue weighted by molar-refractivity contribution is 0.238. The Labute approximate surface area is 184 Å². The zero-order valence-corrected chi connectivity index (χ0v) is 18.7. The van der Waals surface area contributed by atoms with Gasteiger partial charge in [-0.15, -0.1) is 10.2 Å². The van der Waals surface area contributed by atoms with Crippen LogP contribution in [0.5, 0.6) is 0 Å². The molecule has 0 amide bonds. The molecule has 7 nitrogen and oxygen atoms in total. The summed E-state index contributed by atoms with van der Waals surface area (Å²) < 4.78 is 0. The van der Waals surface area contributed by atoms with Crippen molar-refractivity contribution in [2.75, 3.05) is 13.2 Å². The summed E-state index contributed by atoms with van der Waals surface area (Å²) in [7, 11) is 0. The number of nitrogens with one attached hydrogen (secondary N) is 1. The molecule has 4 rings (SSSR count). The molecule has 0 saturated carbocycles. The summed E-state index contributed by atoms with van der Waals surface area (Å²) in [5, 5.41) is 14.5. The first-order chi connectivity index (χ1) is 15.2. The molecule has 3 heterocycles. The maximum absolute atomic E-state index is 4.30. The van der Waals surface area contributed by atoms with E-state index >= 15 is 0 Å². The number of rotatable bonds is 9. The van der Waals surface area contributed by atoms with Gasteiger partial charge < -0.3 is 9.80 Å². The van der Waals surface area contributed by atoms with E-state index in [1.54, 1.807) is 6.20 Å². The van der Waals surface area contributed by atoms with Gasteiger partial charge in [-0.05, 0) is 48.6 Å². The van der Waals surface area contributed by atoms with Crippen LogP contribution in [0.15, 0.2) is 54.1 Å². The van der Waals surface area contributed by atoms with Gasteiger partial charge in [0.1, 0.15) is 0 Å². The van der Waals surface area contributed by atoms with Gasteiger partial charge in [0.2, 0.25) is 5.82 Å². The molecule has 0 bridgehead atoms. The summed E-state index contributed by atoms with van der Waals surface area (Å²) in [5.41, 5.74) is 7.30. The second kappa shape index (κ2) is 9.73. The standard InChI is InChI=1S/C24H31N7/c1-4-6-7-23-18(3)30(14-5-2)17-31(23)16-19-8-10-20(11-9-19)22-15-25-13-12-21(22)24-26-28-29-27-24/h8-13,15H,4-7,14,16-17H2,1-3H3,(H,26,27,28,29). The molecule has 1 aromatic carbocycles. The molecule has 3 aromatic rings. The Morgan fingerprint density at radius 3 is 2.55 bits per heavy atom. The van der Waals surface area contributed by atoms with E-state index in [-0.39, 0.29) is 0 Å². The zero-order chi connectivity index (χ0) is 21.6. The number of hydrogen-bond acceptors (Lipinski definition) is 6. The van der Waals surface area contributed by atoms with E-state index in [2.05, 4.69) is 80.4 Å². The third-order valence-corrected chi connectivity index (χ3v) is 5.92. The van der Waals surface area contributed by atoms with Gasteiger partial charge in [-0.1, -0.05) is 44.5 Å². The van der Waals surface area contributed by atoms with Crippen molar-refractivity contribution in [3.63, 3.8) is 0 Å². The smallest absolute Gasteiger partial charge is 0.205 e. The van der Waals surface area contributed by atoms with Gasteiger partial charge in [-0.3, -0.25) is 4.98 Å². The third kappa shape index (κ3) is 4.60. The van der Waals surface area contributed by atoms with Crippen molar-refractivity contribution in [2.45, 2.75) is 53.0 Å². The van der Waals surface area contributed by atoms with Gasteiger partial charge in [-0.2, -0.15) is 5.21 Å². The SMILES string of the molecule is CCCCC1=C(C)N(CCC)CN1Cc1ccc(-c2cnccc2-c2nn[nH]n2)cc1. The molecule has 1 N–H and O–H groups in total. The number of benzene rings is 1. The van der Waals surface area contributed by atoms with E-state index in [1.165, 1.54) is 36.2 Å². The van der Waals surface area contributed by atoms with Crippen LogP contribution in [0.3, 0.4) is 0 Å². The number of unbranched alkanes of at least 4 members (excludes halogenated alkanes) is 1. The van der Waals surface area contributed by atoms with Gasteiger partial charge in [0.05, 0.1) is 6.67 Å². The number of allylic oxidation sites excluding steroid dienone is 2. The minimum absolute atomic E-state index is 0.579. The highest BCUT2D eigenvalue weighted by Crippen LogP contribution is 2.31. The average molecular weight is 418 g/mol. The highest BCUT2D eigenvalue weighted by Gasteiger charge is 2.25. The molecule has 0 unspecified atom stereocenters. The maximum atomic E-state index is 4.30. The largest absolute Gasteiger partial charge is 0.356 e.